The fourth-order valence-corrected chi connectivity index (χ4v) is 5.03. The molecule has 3 heterocycles. The molecule has 0 radical (unpaired) electrons. The lowest BCUT2D eigenvalue weighted by Crippen LogP contribution is -2.45. The Morgan fingerprint density at radius 3 is 2.68 bits per heavy atom. The summed E-state index contributed by atoms with van der Waals surface area (Å²) < 4.78 is 41.0. The number of aromatic amines is 1. The van der Waals surface area contributed by atoms with Crippen molar-refractivity contribution in [1.29, 1.82) is 0 Å². The number of amides is 1. The number of carbonyl (C=O) groups is 1. The summed E-state index contributed by atoms with van der Waals surface area (Å²) in [4.78, 5) is 37.2. The molecule has 0 spiro atoms. The number of halogens is 4. The molecule has 37 heavy (non-hydrogen) atoms. The zero-order valence-electron chi connectivity index (χ0n) is 19.2. The molecule has 11 heteroatoms. The average molecular weight is 526 g/mol. The topological polar surface area (TPSA) is 91.0 Å². The van der Waals surface area contributed by atoms with Gasteiger partial charge in [-0.05, 0) is 35.4 Å². The van der Waals surface area contributed by atoms with E-state index in [0.29, 0.717) is 40.1 Å². The molecule has 2 aromatic heterocycles. The van der Waals surface area contributed by atoms with Gasteiger partial charge in [0.2, 0.25) is 11.8 Å². The molecule has 0 bridgehead atoms. The quantitative estimate of drug-likeness (QED) is 0.372. The third-order valence-corrected chi connectivity index (χ3v) is 7.11. The first kappa shape index (κ1) is 23.5. The maximum atomic E-state index is 14.6. The molecular weight excluding hydrogens is 507 g/mol. The van der Waals surface area contributed by atoms with Gasteiger partial charge < -0.3 is 15.2 Å². The number of rotatable bonds is 4. The lowest BCUT2D eigenvalue weighted by molar-refractivity contribution is -0.160. The number of nitrogens with zero attached hydrogens (tertiary/aromatic N) is 3. The van der Waals surface area contributed by atoms with Gasteiger partial charge >= 0.3 is 0 Å². The third kappa shape index (κ3) is 4.31. The van der Waals surface area contributed by atoms with Crippen LogP contribution in [0.4, 0.5) is 24.7 Å². The van der Waals surface area contributed by atoms with E-state index in [1.807, 2.05) is 12.1 Å². The van der Waals surface area contributed by atoms with Crippen molar-refractivity contribution in [3.05, 3.63) is 81.1 Å². The number of aromatic nitrogens is 3. The molecule has 0 saturated heterocycles. The highest BCUT2D eigenvalue weighted by Gasteiger charge is 2.50. The van der Waals surface area contributed by atoms with E-state index < -0.39 is 30.5 Å². The van der Waals surface area contributed by atoms with Crippen molar-refractivity contribution in [3.8, 4) is 11.4 Å². The highest BCUT2D eigenvalue weighted by molar-refractivity contribution is 6.35. The van der Waals surface area contributed by atoms with Gasteiger partial charge in [-0.25, -0.2) is 23.1 Å². The summed E-state index contributed by atoms with van der Waals surface area (Å²) in [5, 5.41) is 4.17. The van der Waals surface area contributed by atoms with E-state index in [9.17, 15) is 22.8 Å². The van der Waals surface area contributed by atoms with E-state index in [0.717, 1.165) is 17.3 Å². The van der Waals surface area contributed by atoms with Crippen LogP contribution in [-0.2, 0) is 17.9 Å². The van der Waals surface area contributed by atoms with Crippen molar-refractivity contribution in [2.45, 2.75) is 31.9 Å². The Bertz CT molecular complexity index is 1630. The van der Waals surface area contributed by atoms with Crippen molar-refractivity contribution in [1.82, 2.24) is 19.9 Å². The Labute approximate surface area is 213 Å². The Balaban J connectivity index is 1.24. The number of fused-ring (bicyclic) bond motifs is 2. The summed E-state index contributed by atoms with van der Waals surface area (Å²) in [6.45, 7) is 0.675. The zero-order valence-corrected chi connectivity index (χ0v) is 20.0. The molecule has 7 nitrogen and oxygen atoms in total. The number of alkyl halides is 2. The van der Waals surface area contributed by atoms with Crippen molar-refractivity contribution < 1.29 is 18.0 Å². The molecule has 188 valence electrons. The van der Waals surface area contributed by atoms with Crippen LogP contribution < -0.4 is 10.9 Å². The number of hydrogen-bond donors (Lipinski definition) is 2. The normalized spacial score (nSPS) is 16.5. The van der Waals surface area contributed by atoms with Gasteiger partial charge in [-0.2, -0.15) is 0 Å². The van der Waals surface area contributed by atoms with Crippen LogP contribution >= 0.6 is 11.6 Å². The van der Waals surface area contributed by atoms with Crippen LogP contribution in [-0.4, -0.2) is 31.7 Å². The van der Waals surface area contributed by atoms with Crippen LogP contribution in [0, 0.1) is 11.7 Å². The predicted molar refractivity (Wildman–Crippen MR) is 132 cm³/mol. The van der Waals surface area contributed by atoms with E-state index >= 15 is 0 Å². The van der Waals surface area contributed by atoms with Crippen molar-refractivity contribution >= 4 is 39.8 Å². The third-order valence-electron chi connectivity index (χ3n) is 6.80. The van der Waals surface area contributed by atoms with Gasteiger partial charge in [0.25, 0.3) is 5.56 Å². The van der Waals surface area contributed by atoms with Crippen LogP contribution in [0.15, 0.2) is 53.6 Å². The summed E-state index contributed by atoms with van der Waals surface area (Å²) in [6, 6.07) is 10.3. The second-order valence-corrected chi connectivity index (χ2v) is 9.79. The van der Waals surface area contributed by atoms with Crippen LogP contribution in [0.3, 0.4) is 0 Å². The smallest absolute Gasteiger partial charge is 0.255 e. The zero-order chi connectivity index (χ0) is 25.9. The minimum absolute atomic E-state index is 0.0615. The van der Waals surface area contributed by atoms with Crippen LogP contribution in [0.2, 0.25) is 5.02 Å². The SMILES string of the molecule is O=C(C1CC(F)(F)C1)N1Cc2ccc(-c3ncc(F)c(Nc4ccc5c(=O)[nH]cc(Cl)c5c4)n3)cc2C1. The van der Waals surface area contributed by atoms with E-state index in [1.165, 1.54) is 6.20 Å². The summed E-state index contributed by atoms with van der Waals surface area (Å²) in [5.41, 5.74) is 2.61. The molecule has 2 aromatic carbocycles. The highest BCUT2D eigenvalue weighted by atomic mass is 35.5. The molecule has 2 aliphatic rings. The lowest BCUT2D eigenvalue weighted by atomic mass is 9.80. The highest BCUT2D eigenvalue weighted by Crippen LogP contribution is 2.44. The van der Waals surface area contributed by atoms with E-state index in [-0.39, 0.29) is 23.1 Å². The lowest BCUT2D eigenvalue weighted by Gasteiger charge is -2.36. The van der Waals surface area contributed by atoms with Crippen LogP contribution in [0.25, 0.3) is 22.2 Å². The minimum atomic E-state index is -2.75. The molecule has 1 saturated carbocycles. The minimum Gasteiger partial charge on any atom is -0.338 e. The average Bonchev–Trinajstić information content (AvgIpc) is 3.29. The van der Waals surface area contributed by atoms with E-state index in [2.05, 4.69) is 20.3 Å². The Morgan fingerprint density at radius 1 is 1.11 bits per heavy atom. The summed E-state index contributed by atoms with van der Waals surface area (Å²) in [5.74, 6) is -4.11. The molecule has 2 N–H and O–H groups in total. The molecule has 6 rings (SSSR count). The Hall–Kier alpha value is -3.92. The summed E-state index contributed by atoms with van der Waals surface area (Å²) in [6.07, 6.45) is 1.65. The van der Waals surface area contributed by atoms with Gasteiger partial charge in [0.05, 0.1) is 11.2 Å². The van der Waals surface area contributed by atoms with Gasteiger partial charge in [0.15, 0.2) is 17.5 Å². The molecular formula is C26H19ClF3N5O2. The first-order chi connectivity index (χ1) is 17.7. The summed E-state index contributed by atoms with van der Waals surface area (Å²) in [7, 11) is 0. The molecule has 1 aliphatic carbocycles. The van der Waals surface area contributed by atoms with Gasteiger partial charge in [0, 0.05) is 60.1 Å². The molecule has 0 unspecified atom stereocenters. The maximum absolute atomic E-state index is 14.6. The van der Waals surface area contributed by atoms with Gasteiger partial charge in [-0.15, -0.1) is 0 Å². The summed E-state index contributed by atoms with van der Waals surface area (Å²) >= 11 is 6.20. The number of hydrogen-bond acceptors (Lipinski definition) is 5. The van der Waals surface area contributed by atoms with Crippen molar-refractivity contribution in [2.75, 3.05) is 5.32 Å². The van der Waals surface area contributed by atoms with Crippen LogP contribution in [0.5, 0.6) is 0 Å². The molecule has 4 aromatic rings. The number of pyridine rings is 1. The van der Waals surface area contributed by atoms with Gasteiger partial charge in [-0.1, -0.05) is 23.7 Å². The molecule has 0 atom stereocenters. The number of H-pyrrole nitrogens is 1. The fraction of sp³-hybridized carbons (Fsp3) is 0.231. The predicted octanol–water partition coefficient (Wildman–Crippen LogP) is 5.41. The fourth-order valence-electron chi connectivity index (χ4n) is 4.82. The number of nitrogens with one attached hydrogen (secondary N) is 2. The Kier molecular flexibility index (Phi) is 5.45. The largest absolute Gasteiger partial charge is 0.338 e. The van der Waals surface area contributed by atoms with Crippen molar-refractivity contribution in [3.63, 3.8) is 0 Å². The van der Waals surface area contributed by atoms with Crippen LogP contribution in [0.1, 0.15) is 24.0 Å². The number of anilines is 2. The van der Waals surface area contributed by atoms with Crippen molar-refractivity contribution in [2.24, 2.45) is 5.92 Å². The Morgan fingerprint density at radius 2 is 1.89 bits per heavy atom. The second-order valence-electron chi connectivity index (χ2n) is 9.38. The number of carbonyl (C=O) groups excluding carboxylic acids is 1. The first-order valence-electron chi connectivity index (χ1n) is 11.6. The first-order valence-corrected chi connectivity index (χ1v) is 11.9. The molecule has 1 aliphatic heterocycles. The number of benzene rings is 2. The van der Waals surface area contributed by atoms with Gasteiger partial charge in [0.1, 0.15) is 0 Å². The standard InChI is InChI=1S/C26H19ClF3N5O2/c27-20-9-32-24(36)18-4-3-17(6-19(18)20)33-23-21(28)10-31-22(34-23)13-1-2-14-11-35(12-15(14)5-13)25(37)16-7-26(29,30)8-16/h1-6,9-10,16H,7-8,11-12H2,(H,32,36)(H,31,33,34). The van der Waals surface area contributed by atoms with Gasteiger partial charge in [-0.3, -0.25) is 9.59 Å². The van der Waals surface area contributed by atoms with E-state index in [1.54, 1.807) is 29.2 Å². The molecule has 1 fully saturated rings. The molecule has 1 amide bonds. The second kappa shape index (κ2) is 8.58. The monoisotopic (exact) mass is 525 g/mol. The maximum Gasteiger partial charge on any atom is 0.255 e. The van der Waals surface area contributed by atoms with E-state index in [4.69, 9.17) is 11.6 Å².